The molecule has 0 unspecified atom stereocenters. The normalized spacial score (nSPS) is 12.1. The number of hydrogen-bond donors (Lipinski definition) is 0. The minimum atomic E-state index is -1.94. The summed E-state index contributed by atoms with van der Waals surface area (Å²) >= 11 is 0. The van der Waals surface area contributed by atoms with Crippen LogP contribution >= 0.6 is 0 Å². The summed E-state index contributed by atoms with van der Waals surface area (Å²) in [6.07, 6.45) is 0. The second-order valence-corrected chi connectivity index (χ2v) is 16.0. The smallest absolute Gasteiger partial charge is 0.205 e. The van der Waals surface area contributed by atoms with Gasteiger partial charge in [0.2, 0.25) is 8.32 Å². The van der Waals surface area contributed by atoms with E-state index in [1.54, 1.807) is 13.2 Å². The molecule has 5 heteroatoms. The fourth-order valence-corrected chi connectivity index (χ4v) is 10.3. The lowest BCUT2D eigenvalue weighted by molar-refractivity contribution is 0.103. The Bertz CT molecular complexity index is 716. The molecule has 0 aliphatic rings. The molecule has 2 rings (SSSR count). The molecule has 0 saturated carbocycles. The first kappa shape index (κ1) is 18.6. The van der Waals surface area contributed by atoms with E-state index in [9.17, 15) is 4.79 Å². The Morgan fingerprint density at radius 1 is 0.875 bits per heavy atom. The summed E-state index contributed by atoms with van der Waals surface area (Å²) in [5, 5.41) is 1.21. The van der Waals surface area contributed by atoms with Crippen molar-refractivity contribution in [3.8, 4) is 5.75 Å². The van der Waals surface area contributed by atoms with Crippen molar-refractivity contribution in [2.24, 2.45) is 0 Å². The van der Waals surface area contributed by atoms with Crippen LogP contribution in [-0.4, -0.2) is 29.5 Å². The Balaban J connectivity index is 2.24. The number of carbonyl (C=O) groups is 1. The SMILES string of the molecule is COc1cccc(C(=O)c2ccc([Si](C)(C)O[Si](C)(C)C)cc2)c1. The first-order valence-electron chi connectivity index (χ1n) is 8.12. The molecule has 0 N–H and O–H groups in total. The highest BCUT2D eigenvalue weighted by molar-refractivity contribution is 6.92. The van der Waals surface area contributed by atoms with Gasteiger partial charge in [-0.05, 0) is 50.1 Å². The monoisotopic (exact) mass is 358 g/mol. The molecule has 128 valence electrons. The van der Waals surface area contributed by atoms with E-state index >= 15 is 0 Å². The van der Waals surface area contributed by atoms with Crippen molar-refractivity contribution < 1.29 is 13.6 Å². The van der Waals surface area contributed by atoms with E-state index in [0.29, 0.717) is 16.9 Å². The quantitative estimate of drug-likeness (QED) is 0.574. The molecule has 0 atom stereocenters. The zero-order valence-corrected chi connectivity index (χ0v) is 17.3. The maximum atomic E-state index is 12.6. The van der Waals surface area contributed by atoms with Gasteiger partial charge in [0.1, 0.15) is 5.75 Å². The second kappa shape index (κ2) is 7.05. The van der Waals surface area contributed by atoms with Crippen molar-refractivity contribution >= 4 is 27.6 Å². The van der Waals surface area contributed by atoms with Crippen LogP contribution in [0.5, 0.6) is 5.75 Å². The van der Waals surface area contributed by atoms with Crippen LogP contribution in [0.25, 0.3) is 0 Å². The molecule has 0 fully saturated rings. The summed E-state index contributed by atoms with van der Waals surface area (Å²) in [6, 6.07) is 15.1. The average molecular weight is 359 g/mol. The van der Waals surface area contributed by atoms with E-state index in [2.05, 4.69) is 32.7 Å². The molecule has 0 heterocycles. The van der Waals surface area contributed by atoms with E-state index in [0.717, 1.165) is 0 Å². The first-order chi connectivity index (χ1) is 11.1. The van der Waals surface area contributed by atoms with Crippen LogP contribution in [-0.2, 0) is 4.12 Å². The van der Waals surface area contributed by atoms with E-state index in [1.807, 2.05) is 42.5 Å². The molecule has 3 nitrogen and oxygen atoms in total. The van der Waals surface area contributed by atoms with Crippen LogP contribution < -0.4 is 9.92 Å². The predicted molar refractivity (Wildman–Crippen MR) is 104 cm³/mol. The first-order valence-corrected chi connectivity index (χ1v) is 14.4. The zero-order valence-electron chi connectivity index (χ0n) is 15.3. The van der Waals surface area contributed by atoms with Crippen LogP contribution in [0.1, 0.15) is 15.9 Å². The molecule has 0 saturated heterocycles. The Hall–Kier alpha value is -1.70. The van der Waals surface area contributed by atoms with E-state index in [1.165, 1.54) is 5.19 Å². The molecule has 0 amide bonds. The summed E-state index contributed by atoms with van der Waals surface area (Å²) in [4.78, 5) is 12.6. The molecule has 0 spiro atoms. The summed E-state index contributed by atoms with van der Waals surface area (Å²) in [7, 11) is -1.93. The van der Waals surface area contributed by atoms with Crippen molar-refractivity contribution in [3.05, 3.63) is 59.7 Å². The van der Waals surface area contributed by atoms with Gasteiger partial charge in [0.25, 0.3) is 0 Å². The number of benzene rings is 2. The van der Waals surface area contributed by atoms with Gasteiger partial charge in [-0.3, -0.25) is 4.79 Å². The third-order valence-electron chi connectivity index (χ3n) is 3.74. The highest BCUT2D eigenvalue weighted by Crippen LogP contribution is 2.18. The lowest BCUT2D eigenvalue weighted by Gasteiger charge is -2.31. The fourth-order valence-electron chi connectivity index (χ4n) is 2.78. The third-order valence-corrected chi connectivity index (χ3v) is 9.95. The van der Waals surface area contributed by atoms with Crippen LogP contribution in [0.15, 0.2) is 48.5 Å². The van der Waals surface area contributed by atoms with Crippen molar-refractivity contribution in [1.29, 1.82) is 0 Å². The van der Waals surface area contributed by atoms with Crippen molar-refractivity contribution in [2.45, 2.75) is 32.7 Å². The highest BCUT2D eigenvalue weighted by Gasteiger charge is 2.31. The summed E-state index contributed by atoms with van der Waals surface area (Å²) in [5.74, 6) is 0.695. The maximum absolute atomic E-state index is 12.6. The topological polar surface area (TPSA) is 35.5 Å². The molecule has 0 aromatic heterocycles. The lowest BCUT2D eigenvalue weighted by atomic mass is 10.0. The Labute approximate surface area is 146 Å². The van der Waals surface area contributed by atoms with Crippen LogP contribution in [0, 0.1) is 0 Å². The van der Waals surface area contributed by atoms with E-state index < -0.39 is 16.6 Å². The zero-order chi connectivity index (χ0) is 18.0. The molecular formula is C19H26O3Si2. The second-order valence-electron chi connectivity index (χ2n) is 7.36. The molecule has 2 aromatic carbocycles. The van der Waals surface area contributed by atoms with Crippen molar-refractivity contribution in [3.63, 3.8) is 0 Å². The minimum absolute atomic E-state index is 0.00559. The van der Waals surface area contributed by atoms with Gasteiger partial charge in [-0.15, -0.1) is 0 Å². The van der Waals surface area contributed by atoms with E-state index in [4.69, 9.17) is 8.85 Å². The number of rotatable bonds is 6. The van der Waals surface area contributed by atoms with E-state index in [-0.39, 0.29) is 5.78 Å². The Morgan fingerprint density at radius 3 is 2.04 bits per heavy atom. The molecule has 0 aliphatic carbocycles. The number of hydrogen-bond acceptors (Lipinski definition) is 3. The van der Waals surface area contributed by atoms with Gasteiger partial charge in [-0.1, -0.05) is 36.4 Å². The molecule has 2 aromatic rings. The summed E-state index contributed by atoms with van der Waals surface area (Å²) < 4.78 is 11.6. The largest absolute Gasteiger partial charge is 0.497 e. The Morgan fingerprint density at radius 2 is 1.50 bits per heavy atom. The maximum Gasteiger partial charge on any atom is 0.205 e. The molecule has 0 aliphatic heterocycles. The number of carbonyl (C=O) groups excluding carboxylic acids is 1. The molecule has 24 heavy (non-hydrogen) atoms. The molecule has 0 radical (unpaired) electrons. The van der Waals surface area contributed by atoms with Crippen LogP contribution in [0.2, 0.25) is 32.7 Å². The van der Waals surface area contributed by atoms with Gasteiger partial charge in [-0.2, -0.15) is 0 Å². The van der Waals surface area contributed by atoms with Gasteiger partial charge in [0, 0.05) is 11.1 Å². The van der Waals surface area contributed by atoms with Crippen molar-refractivity contribution in [2.75, 3.05) is 7.11 Å². The van der Waals surface area contributed by atoms with Gasteiger partial charge >= 0.3 is 0 Å². The number of ketones is 1. The minimum Gasteiger partial charge on any atom is -0.497 e. The summed E-state index contributed by atoms with van der Waals surface area (Å²) in [6.45, 7) is 11.1. The standard InChI is InChI=1S/C19H26O3Si2/c1-21-17-9-7-8-16(14-17)19(20)15-10-12-18(13-11-15)24(5,6)22-23(2,3)4/h7-14H,1-6H3. The third kappa shape index (κ3) is 4.66. The van der Waals surface area contributed by atoms with Crippen LogP contribution in [0.4, 0.5) is 0 Å². The van der Waals surface area contributed by atoms with Crippen molar-refractivity contribution in [1.82, 2.24) is 0 Å². The average Bonchev–Trinajstić information content (AvgIpc) is 2.52. The molecule has 0 bridgehead atoms. The Kier molecular flexibility index (Phi) is 5.47. The van der Waals surface area contributed by atoms with Gasteiger partial charge in [0.05, 0.1) is 7.11 Å². The van der Waals surface area contributed by atoms with Crippen LogP contribution in [0.3, 0.4) is 0 Å². The molecular weight excluding hydrogens is 332 g/mol. The van der Waals surface area contributed by atoms with Gasteiger partial charge in [0.15, 0.2) is 14.1 Å². The lowest BCUT2D eigenvalue weighted by Crippen LogP contribution is -2.51. The highest BCUT2D eigenvalue weighted by atomic mass is 28.4. The predicted octanol–water partition coefficient (Wildman–Crippen LogP) is 4.19. The summed E-state index contributed by atoms with van der Waals surface area (Å²) in [5.41, 5.74) is 1.32. The number of ether oxygens (including phenoxy) is 1. The van der Waals surface area contributed by atoms with Gasteiger partial charge in [-0.25, -0.2) is 0 Å². The fraction of sp³-hybridized carbons (Fsp3) is 0.316. The number of methoxy groups -OCH3 is 1. The van der Waals surface area contributed by atoms with Gasteiger partial charge < -0.3 is 8.85 Å².